The summed E-state index contributed by atoms with van der Waals surface area (Å²) in [6.07, 6.45) is 7.38. The highest BCUT2D eigenvalue weighted by Crippen LogP contribution is 2.29. The Labute approximate surface area is 102 Å². The van der Waals surface area contributed by atoms with E-state index >= 15 is 0 Å². The van der Waals surface area contributed by atoms with Gasteiger partial charge in [0.25, 0.3) is 0 Å². The minimum Gasteiger partial charge on any atom is -0.312 e. The maximum Gasteiger partial charge on any atom is 0.0399 e. The summed E-state index contributed by atoms with van der Waals surface area (Å²) in [7, 11) is 1.98. The van der Waals surface area contributed by atoms with Crippen molar-refractivity contribution in [2.75, 3.05) is 7.05 Å². The highest BCUT2D eigenvalue weighted by molar-refractivity contribution is 5.24. The number of pyridine rings is 2. The third kappa shape index (κ3) is 2.68. The lowest BCUT2D eigenvalue weighted by Crippen LogP contribution is -2.22. The second-order valence-corrected chi connectivity index (χ2v) is 4.12. The molecule has 0 saturated carbocycles. The molecule has 3 nitrogen and oxygen atoms in total. The van der Waals surface area contributed by atoms with Crippen LogP contribution in [-0.4, -0.2) is 17.0 Å². The van der Waals surface area contributed by atoms with Crippen LogP contribution >= 0.6 is 0 Å². The molecular formula is C14H17N3. The normalized spacial score (nSPS) is 14.2. The fourth-order valence-corrected chi connectivity index (χ4v) is 2.12. The number of hydrogen-bond acceptors (Lipinski definition) is 3. The van der Waals surface area contributed by atoms with E-state index in [-0.39, 0.29) is 6.04 Å². The van der Waals surface area contributed by atoms with E-state index in [1.165, 1.54) is 11.1 Å². The summed E-state index contributed by atoms with van der Waals surface area (Å²) in [5.41, 5.74) is 2.49. The minimum atomic E-state index is 0.270. The topological polar surface area (TPSA) is 37.8 Å². The van der Waals surface area contributed by atoms with E-state index in [1.807, 2.05) is 31.7 Å². The van der Waals surface area contributed by atoms with Gasteiger partial charge in [-0.15, -0.1) is 0 Å². The van der Waals surface area contributed by atoms with Crippen LogP contribution < -0.4 is 5.32 Å². The fourth-order valence-electron chi connectivity index (χ4n) is 2.12. The number of rotatable bonds is 4. The molecule has 0 aromatic carbocycles. The molecule has 2 aromatic heterocycles. The summed E-state index contributed by atoms with van der Waals surface area (Å²) in [5, 5.41) is 3.36. The monoisotopic (exact) mass is 227 g/mol. The summed E-state index contributed by atoms with van der Waals surface area (Å²) >= 11 is 0. The molecule has 2 unspecified atom stereocenters. The Morgan fingerprint density at radius 1 is 1.00 bits per heavy atom. The Kier molecular flexibility index (Phi) is 3.83. The number of hydrogen-bond donors (Lipinski definition) is 1. The van der Waals surface area contributed by atoms with Crippen molar-refractivity contribution >= 4 is 0 Å². The first-order valence-electron chi connectivity index (χ1n) is 5.80. The molecule has 0 radical (unpaired) electrons. The molecule has 0 saturated heterocycles. The standard InChI is InChI=1S/C14H17N3/c1-11(12-5-8-16-9-6-12)14(15-2)13-4-3-7-17-10-13/h3-11,14-15H,1-2H3. The molecule has 2 aromatic rings. The molecule has 0 amide bonds. The molecule has 88 valence electrons. The molecular weight excluding hydrogens is 210 g/mol. The van der Waals surface area contributed by atoms with Crippen molar-refractivity contribution in [1.82, 2.24) is 15.3 Å². The third-order valence-corrected chi connectivity index (χ3v) is 3.09. The molecule has 2 heterocycles. The molecule has 1 N–H and O–H groups in total. The average Bonchev–Trinajstić information content (AvgIpc) is 2.42. The summed E-state index contributed by atoms with van der Waals surface area (Å²) in [4.78, 5) is 8.23. The Morgan fingerprint density at radius 2 is 1.76 bits per heavy atom. The highest BCUT2D eigenvalue weighted by Gasteiger charge is 2.18. The van der Waals surface area contributed by atoms with Gasteiger partial charge >= 0.3 is 0 Å². The van der Waals surface area contributed by atoms with Crippen LogP contribution in [0.4, 0.5) is 0 Å². The van der Waals surface area contributed by atoms with Crippen molar-refractivity contribution < 1.29 is 0 Å². The lowest BCUT2D eigenvalue weighted by Gasteiger charge is -2.24. The Bertz CT molecular complexity index is 442. The van der Waals surface area contributed by atoms with Crippen molar-refractivity contribution in [3.63, 3.8) is 0 Å². The van der Waals surface area contributed by atoms with Crippen LogP contribution in [0.3, 0.4) is 0 Å². The van der Waals surface area contributed by atoms with Gasteiger partial charge in [0.15, 0.2) is 0 Å². The van der Waals surface area contributed by atoms with Crippen molar-refractivity contribution in [3.05, 3.63) is 60.2 Å². The van der Waals surface area contributed by atoms with E-state index < -0.39 is 0 Å². The van der Waals surface area contributed by atoms with Crippen LogP contribution in [0.5, 0.6) is 0 Å². The van der Waals surface area contributed by atoms with Gasteiger partial charge in [-0.05, 0) is 36.4 Å². The smallest absolute Gasteiger partial charge is 0.0399 e. The Balaban J connectivity index is 2.25. The molecule has 0 bridgehead atoms. The molecule has 0 spiro atoms. The van der Waals surface area contributed by atoms with Crippen LogP contribution in [0.15, 0.2) is 49.1 Å². The van der Waals surface area contributed by atoms with Gasteiger partial charge in [-0.3, -0.25) is 9.97 Å². The Hall–Kier alpha value is -1.74. The van der Waals surface area contributed by atoms with Crippen LogP contribution in [0, 0.1) is 0 Å². The van der Waals surface area contributed by atoms with Gasteiger partial charge in [0, 0.05) is 36.7 Å². The van der Waals surface area contributed by atoms with E-state index in [0.717, 1.165) is 0 Å². The lowest BCUT2D eigenvalue weighted by atomic mass is 9.90. The highest BCUT2D eigenvalue weighted by atomic mass is 14.9. The molecule has 0 aliphatic carbocycles. The largest absolute Gasteiger partial charge is 0.312 e. The first-order chi connectivity index (χ1) is 8.33. The first-order valence-corrected chi connectivity index (χ1v) is 5.80. The third-order valence-electron chi connectivity index (χ3n) is 3.09. The van der Waals surface area contributed by atoms with E-state index in [0.29, 0.717) is 5.92 Å². The maximum absolute atomic E-state index is 4.18. The zero-order valence-corrected chi connectivity index (χ0v) is 10.2. The number of nitrogens with one attached hydrogen (secondary N) is 1. The van der Waals surface area contributed by atoms with Gasteiger partial charge in [0.2, 0.25) is 0 Å². The van der Waals surface area contributed by atoms with Crippen molar-refractivity contribution in [2.24, 2.45) is 0 Å². The molecule has 0 aliphatic heterocycles. The zero-order valence-electron chi connectivity index (χ0n) is 10.2. The van der Waals surface area contributed by atoms with Crippen LogP contribution in [-0.2, 0) is 0 Å². The molecule has 2 atom stereocenters. The van der Waals surface area contributed by atoms with E-state index in [1.54, 1.807) is 6.20 Å². The van der Waals surface area contributed by atoms with Crippen LogP contribution in [0.1, 0.15) is 30.0 Å². The predicted octanol–water partition coefficient (Wildman–Crippen LogP) is 2.54. The van der Waals surface area contributed by atoms with Gasteiger partial charge in [-0.25, -0.2) is 0 Å². The van der Waals surface area contributed by atoms with Crippen molar-refractivity contribution in [3.8, 4) is 0 Å². The van der Waals surface area contributed by atoms with E-state index in [9.17, 15) is 0 Å². The van der Waals surface area contributed by atoms with Crippen LogP contribution in [0.25, 0.3) is 0 Å². The first kappa shape index (κ1) is 11.7. The molecule has 2 rings (SSSR count). The van der Waals surface area contributed by atoms with Gasteiger partial charge < -0.3 is 5.32 Å². The minimum absolute atomic E-state index is 0.270. The number of nitrogens with zero attached hydrogens (tertiary/aromatic N) is 2. The fraction of sp³-hybridized carbons (Fsp3) is 0.286. The summed E-state index contributed by atoms with van der Waals surface area (Å²) in [5.74, 6) is 0.382. The van der Waals surface area contributed by atoms with Gasteiger partial charge in [-0.2, -0.15) is 0 Å². The van der Waals surface area contributed by atoms with Gasteiger partial charge in [-0.1, -0.05) is 13.0 Å². The van der Waals surface area contributed by atoms with Crippen molar-refractivity contribution in [2.45, 2.75) is 18.9 Å². The van der Waals surface area contributed by atoms with Crippen LogP contribution in [0.2, 0.25) is 0 Å². The zero-order chi connectivity index (χ0) is 12.1. The Morgan fingerprint density at radius 3 is 2.35 bits per heavy atom. The number of aromatic nitrogens is 2. The summed E-state index contributed by atoms with van der Waals surface area (Å²) < 4.78 is 0. The SMILES string of the molecule is CNC(c1cccnc1)C(C)c1ccncc1. The molecule has 3 heteroatoms. The van der Waals surface area contributed by atoms with E-state index in [4.69, 9.17) is 0 Å². The molecule has 0 aliphatic rings. The van der Waals surface area contributed by atoms with E-state index in [2.05, 4.69) is 40.4 Å². The lowest BCUT2D eigenvalue weighted by molar-refractivity contribution is 0.506. The maximum atomic E-state index is 4.18. The quantitative estimate of drug-likeness (QED) is 0.872. The van der Waals surface area contributed by atoms with Gasteiger partial charge in [0.05, 0.1) is 0 Å². The predicted molar refractivity (Wildman–Crippen MR) is 68.7 cm³/mol. The molecule has 0 fully saturated rings. The average molecular weight is 227 g/mol. The molecule has 17 heavy (non-hydrogen) atoms. The second-order valence-electron chi connectivity index (χ2n) is 4.12. The number of likely N-dealkylation sites (N-methyl/N-ethyl adjacent to an activating group) is 1. The second kappa shape index (κ2) is 5.55. The summed E-state index contributed by atoms with van der Waals surface area (Å²) in [6, 6.07) is 8.47. The van der Waals surface area contributed by atoms with Gasteiger partial charge in [0.1, 0.15) is 0 Å². The summed E-state index contributed by atoms with van der Waals surface area (Å²) in [6.45, 7) is 2.21. The van der Waals surface area contributed by atoms with Crippen molar-refractivity contribution in [1.29, 1.82) is 0 Å².